The van der Waals surface area contributed by atoms with Gasteiger partial charge in [0, 0.05) is 11.1 Å². The van der Waals surface area contributed by atoms with Crippen LogP contribution < -0.4 is 5.73 Å². The second kappa shape index (κ2) is 5.36. The van der Waals surface area contributed by atoms with Crippen molar-refractivity contribution >= 4 is 11.6 Å². The van der Waals surface area contributed by atoms with Crippen LogP contribution in [0.25, 0.3) is 0 Å². The summed E-state index contributed by atoms with van der Waals surface area (Å²) < 4.78 is 0. The van der Waals surface area contributed by atoms with Crippen LogP contribution >= 0.6 is 11.6 Å². The van der Waals surface area contributed by atoms with E-state index in [-0.39, 0.29) is 6.04 Å². The molecule has 1 aliphatic carbocycles. The van der Waals surface area contributed by atoms with Crippen LogP contribution in [0.2, 0.25) is 5.02 Å². The fourth-order valence-electron chi connectivity index (χ4n) is 2.82. The number of halogens is 1. The van der Waals surface area contributed by atoms with E-state index in [0.717, 1.165) is 11.4 Å². The Labute approximate surface area is 119 Å². The first-order valence-electron chi connectivity index (χ1n) is 6.79. The Kier molecular flexibility index (Phi) is 3.58. The smallest absolute Gasteiger partial charge is 0.0406 e. The Hall–Kier alpha value is -1.31. The van der Waals surface area contributed by atoms with E-state index in [9.17, 15) is 0 Å². The highest BCUT2D eigenvalue weighted by Crippen LogP contribution is 2.49. The maximum absolute atomic E-state index is 6.34. The average Bonchev–Trinajstić information content (AvgIpc) is 3.23. The summed E-state index contributed by atoms with van der Waals surface area (Å²) in [7, 11) is 0. The van der Waals surface area contributed by atoms with E-state index >= 15 is 0 Å². The summed E-state index contributed by atoms with van der Waals surface area (Å²) in [4.78, 5) is 0. The molecule has 2 aromatic carbocycles. The van der Waals surface area contributed by atoms with Gasteiger partial charge in [0.05, 0.1) is 0 Å². The number of rotatable bonds is 4. The highest BCUT2D eigenvalue weighted by molar-refractivity contribution is 6.30. The topological polar surface area (TPSA) is 26.0 Å². The summed E-state index contributed by atoms with van der Waals surface area (Å²) in [5.74, 6) is 1.28. The van der Waals surface area contributed by atoms with E-state index in [4.69, 9.17) is 17.3 Å². The Morgan fingerprint density at radius 2 is 1.74 bits per heavy atom. The van der Waals surface area contributed by atoms with Crippen LogP contribution in [0.15, 0.2) is 54.6 Å². The van der Waals surface area contributed by atoms with Crippen molar-refractivity contribution in [1.29, 1.82) is 0 Å². The molecule has 0 bridgehead atoms. The van der Waals surface area contributed by atoms with Crippen molar-refractivity contribution in [2.75, 3.05) is 0 Å². The van der Waals surface area contributed by atoms with Gasteiger partial charge in [-0.1, -0.05) is 54.1 Å². The molecule has 3 unspecified atom stereocenters. The monoisotopic (exact) mass is 271 g/mol. The number of benzene rings is 2. The van der Waals surface area contributed by atoms with E-state index in [1.165, 1.54) is 17.5 Å². The first-order chi connectivity index (χ1) is 9.24. The average molecular weight is 272 g/mol. The minimum absolute atomic E-state index is 0.242. The maximum Gasteiger partial charge on any atom is 0.0406 e. The molecule has 0 radical (unpaired) electrons. The summed E-state index contributed by atoms with van der Waals surface area (Å²) >= 11 is 5.90. The van der Waals surface area contributed by atoms with Gasteiger partial charge in [-0.25, -0.2) is 0 Å². The molecule has 0 aromatic heterocycles. The van der Waals surface area contributed by atoms with Gasteiger partial charge < -0.3 is 5.73 Å². The highest BCUT2D eigenvalue weighted by Gasteiger charge is 2.42. The van der Waals surface area contributed by atoms with Crippen LogP contribution in [0.4, 0.5) is 0 Å². The second-order valence-corrected chi connectivity index (χ2v) is 5.85. The lowest BCUT2D eigenvalue weighted by Crippen LogP contribution is -2.25. The minimum Gasteiger partial charge on any atom is -0.327 e. The van der Waals surface area contributed by atoms with Crippen molar-refractivity contribution in [1.82, 2.24) is 0 Å². The third-order valence-electron chi connectivity index (χ3n) is 4.00. The third-order valence-corrected chi connectivity index (χ3v) is 4.25. The first kappa shape index (κ1) is 12.7. The molecule has 0 spiro atoms. The molecule has 1 fully saturated rings. The zero-order valence-corrected chi connectivity index (χ0v) is 11.6. The zero-order chi connectivity index (χ0) is 13.2. The molecule has 0 heterocycles. The molecule has 19 heavy (non-hydrogen) atoms. The predicted octanol–water partition coefficient (Wildman–Crippen LogP) is 4.01. The third kappa shape index (κ3) is 2.99. The van der Waals surface area contributed by atoms with E-state index in [1.54, 1.807) is 0 Å². The molecule has 0 amide bonds. The second-order valence-electron chi connectivity index (χ2n) is 5.41. The van der Waals surface area contributed by atoms with Gasteiger partial charge in [0.2, 0.25) is 0 Å². The highest BCUT2D eigenvalue weighted by atomic mass is 35.5. The minimum atomic E-state index is 0.242. The van der Waals surface area contributed by atoms with Gasteiger partial charge in [-0.05, 0) is 47.9 Å². The Balaban J connectivity index is 1.61. The molecule has 2 heteroatoms. The molecule has 2 N–H and O–H groups in total. The lowest BCUT2D eigenvalue weighted by molar-refractivity contribution is 0.578. The Morgan fingerprint density at radius 1 is 1.05 bits per heavy atom. The van der Waals surface area contributed by atoms with Crippen molar-refractivity contribution in [2.45, 2.75) is 24.8 Å². The van der Waals surface area contributed by atoms with Gasteiger partial charge >= 0.3 is 0 Å². The summed E-state index contributed by atoms with van der Waals surface area (Å²) in [5.41, 5.74) is 9.05. The predicted molar refractivity (Wildman–Crippen MR) is 80.4 cm³/mol. The molecule has 1 saturated carbocycles. The van der Waals surface area contributed by atoms with Crippen molar-refractivity contribution in [2.24, 2.45) is 11.7 Å². The van der Waals surface area contributed by atoms with Gasteiger partial charge in [0.15, 0.2) is 0 Å². The molecule has 98 valence electrons. The lowest BCUT2D eigenvalue weighted by atomic mass is 10.00. The maximum atomic E-state index is 6.34. The van der Waals surface area contributed by atoms with Gasteiger partial charge in [-0.3, -0.25) is 0 Å². The summed E-state index contributed by atoms with van der Waals surface area (Å²) in [6.07, 6.45) is 2.16. The van der Waals surface area contributed by atoms with Gasteiger partial charge in [-0.2, -0.15) is 0 Å². The molecule has 3 rings (SSSR count). The molecular formula is C17H18ClN. The fraction of sp³-hybridized carbons (Fsp3) is 0.294. The Morgan fingerprint density at radius 3 is 2.42 bits per heavy atom. The van der Waals surface area contributed by atoms with Crippen molar-refractivity contribution in [3.05, 3.63) is 70.7 Å². The van der Waals surface area contributed by atoms with Crippen LogP contribution in [-0.4, -0.2) is 6.04 Å². The summed E-state index contributed by atoms with van der Waals surface area (Å²) in [6.45, 7) is 0. The van der Waals surface area contributed by atoms with E-state index < -0.39 is 0 Å². The van der Waals surface area contributed by atoms with Gasteiger partial charge in [0.25, 0.3) is 0 Å². The van der Waals surface area contributed by atoms with Gasteiger partial charge in [0.1, 0.15) is 0 Å². The molecule has 0 aliphatic heterocycles. The standard InChI is InChI=1S/C17H18ClN/c18-14-8-6-12(7-9-14)10-17(19)16-11-15(16)13-4-2-1-3-5-13/h1-9,15-17H,10-11,19H2. The molecule has 2 aromatic rings. The van der Waals surface area contributed by atoms with Crippen molar-refractivity contribution < 1.29 is 0 Å². The van der Waals surface area contributed by atoms with Crippen LogP contribution in [0, 0.1) is 5.92 Å². The number of nitrogens with two attached hydrogens (primary N) is 1. The first-order valence-corrected chi connectivity index (χ1v) is 7.17. The fourth-order valence-corrected chi connectivity index (χ4v) is 2.94. The normalized spacial score (nSPS) is 23.1. The van der Waals surface area contributed by atoms with E-state index in [0.29, 0.717) is 11.8 Å². The summed E-state index contributed by atoms with van der Waals surface area (Å²) in [6, 6.07) is 18.9. The van der Waals surface area contributed by atoms with Gasteiger partial charge in [-0.15, -0.1) is 0 Å². The van der Waals surface area contributed by atoms with E-state index in [2.05, 4.69) is 42.5 Å². The lowest BCUT2D eigenvalue weighted by Gasteiger charge is -2.11. The van der Waals surface area contributed by atoms with Crippen LogP contribution in [0.5, 0.6) is 0 Å². The van der Waals surface area contributed by atoms with Crippen LogP contribution in [0.3, 0.4) is 0 Å². The molecule has 0 saturated heterocycles. The number of hydrogen-bond acceptors (Lipinski definition) is 1. The van der Waals surface area contributed by atoms with Crippen molar-refractivity contribution in [3.8, 4) is 0 Å². The SMILES string of the molecule is NC(Cc1ccc(Cl)cc1)C1CC1c1ccccc1. The van der Waals surface area contributed by atoms with Crippen LogP contribution in [0.1, 0.15) is 23.5 Å². The molecule has 1 nitrogen and oxygen atoms in total. The Bertz CT molecular complexity index is 535. The van der Waals surface area contributed by atoms with E-state index in [1.807, 2.05) is 12.1 Å². The number of hydrogen-bond donors (Lipinski definition) is 1. The molecule has 3 atom stereocenters. The largest absolute Gasteiger partial charge is 0.327 e. The van der Waals surface area contributed by atoms with Crippen molar-refractivity contribution in [3.63, 3.8) is 0 Å². The summed E-state index contributed by atoms with van der Waals surface area (Å²) in [5, 5.41) is 0.783. The van der Waals surface area contributed by atoms with Crippen LogP contribution in [-0.2, 0) is 6.42 Å². The quantitative estimate of drug-likeness (QED) is 0.893. The zero-order valence-electron chi connectivity index (χ0n) is 10.8. The molecular weight excluding hydrogens is 254 g/mol. The molecule has 1 aliphatic rings.